The van der Waals surface area contributed by atoms with Crippen LogP contribution < -0.4 is 0 Å². The van der Waals surface area contributed by atoms with E-state index in [0.29, 0.717) is 81.3 Å². The number of carbonyl (C=O) groups excluding carboxylic acids is 6. The highest BCUT2D eigenvalue weighted by atomic mass is 79.9. The second kappa shape index (κ2) is 33.9. The fraction of sp³-hybridized carbons (Fsp3) is 0.859. The predicted molar refractivity (Wildman–Crippen MR) is 418 cm³/mol. The van der Waals surface area contributed by atoms with Gasteiger partial charge in [0.05, 0.1) is 60.5 Å². The highest BCUT2D eigenvalue weighted by Gasteiger charge is 2.66. The summed E-state index contributed by atoms with van der Waals surface area (Å²) in [7, 11) is 0. The van der Waals surface area contributed by atoms with E-state index in [4.69, 9.17) is 9.47 Å². The van der Waals surface area contributed by atoms with E-state index in [1.807, 2.05) is 20.8 Å². The number of fused-ring (bicyclic) bond motifs is 15. The summed E-state index contributed by atoms with van der Waals surface area (Å²) in [6.45, 7) is 27.3. The lowest BCUT2D eigenvalue weighted by molar-refractivity contribution is -0.151. The zero-order valence-corrected chi connectivity index (χ0v) is 65.8. The van der Waals surface area contributed by atoms with Crippen molar-refractivity contribution in [3.05, 3.63) is 35.7 Å². The predicted octanol–water partition coefficient (Wildman–Crippen LogP) is 16.8. The molecule has 15 rings (SSSR count). The number of carbonyl (C=O) groups is 6. The molecule has 0 saturated heterocycles. The van der Waals surface area contributed by atoms with Crippen LogP contribution in [0.5, 0.6) is 0 Å². The number of esters is 3. The van der Waals surface area contributed by atoms with Crippen molar-refractivity contribution in [2.75, 3.05) is 25.2 Å². The van der Waals surface area contributed by atoms with Gasteiger partial charge in [0.2, 0.25) is 0 Å². The maximum absolute atomic E-state index is 13.5. The Morgan fingerprint density at radius 2 is 0.813 bits per heavy atom. The van der Waals surface area contributed by atoms with Crippen molar-refractivity contribution in [3.8, 4) is 0 Å². The van der Waals surface area contributed by atoms with Gasteiger partial charge in [-0.25, -0.2) is 19.1 Å². The number of hydrogen-bond acceptors (Lipinski definition) is 18. The first-order valence-corrected chi connectivity index (χ1v) is 41.3. The normalized spacial score (nSPS) is 41.4. The van der Waals surface area contributed by atoms with Crippen LogP contribution in [0.2, 0.25) is 0 Å². The lowest BCUT2D eigenvalue weighted by atomic mass is 9.44. The summed E-state index contributed by atoms with van der Waals surface area (Å²) < 4.78 is 16.1. The molecule has 3 aromatic heterocycles. The molecule has 3 heterocycles. The van der Waals surface area contributed by atoms with Gasteiger partial charge in [-0.2, -0.15) is 20.2 Å². The Balaban J connectivity index is 0.000000188. The molecule has 12 aliphatic carbocycles. The Kier molecular flexibility index (Phi) is 27.8. The molecular formula is C85H140BrN9O12. The first kappa shape index (κ1) is 87.8. The summed E-state index contributed by atoms with van der Waals surface area (Å²) in [6.07, 6.45) is 34.6. The number of Topliss-reactive ketones (excluding diaryl/α,β-unsaturated/α-hetero) is 3. The minimum atomic E-state index is -0.501. The summed E-state index contributed by atoms with van der Waals surface area (Å²) in [5.41, 5.74) is 0.491. The lowest BCUT2D eigenvalue weighted by Crippen LogP contribution is -2.55. The van der Waals surface area contributed by atoms with Gasteiger partial charge in [0.25, 0.3) is 0 Å². The van der Waals surface area contributed by atoms with Gasteiger partial charge in [-0.1, -0.05) is 92.4 Å². The van der Waals surface area contributed by atoms with Gasteiger partial charge in [-0.15, -0.1) is 15.3 Å². The van der Waals surface area contributed by atoms with Crippen LogP contribution in [0, 0.1) is 121 Å². The second-order valence-corrected chi connectivity index (χ2v) is 37.8. The van der Waals surface area contributed by atoms with Crippen LogP contribution >= 0.6 is 15.9 Å². The molecule has 604 valence electrons. The average molecular weight is 1560 g/mol. The van der Waals surface area contributed by atoms with E-state index >= 15 is 0 Å². The third kappa shape index (κ3) is 16.8. The van der Waals surface area contributed by atoms with Crippen molar-refractivity contribution < 1.29 is 58.3 Å². The van der Waals surface area contributed by atoms with Gasteiger partial charge in [-0.05, 0) is 318 Å². The molecule has 0 aliphatic heterocycles. The smallest absolute Gasteiger partial charge is 0.360 e. The van der Waals surface area contributed by atoms with Gasteiger partial charge in [0.1, 0.15) is 18.9 Å². The number of ketones is 3. The van der Waals surface area contributed by atoms with Gasteiger partial charge >= 0.3 is 17.9 Å². The molecule has 24 atom stereocenters. The Bertz CT molecular complexity index is 3390. The molecular weight excluding hydrogens is 1420 g/mol. The van der Waals surface area contributed by atoms with Crippen molar-refractivity contribution in [1.29, 1.82) is 0 Å². The molecule has 0 bridgehead atoms. The van der Waals surface area contributed by atoms with Gasteiger partial charge in [0.15, 0.2) is 28.6 Å². The fourth-order valence-corrected chi connectivity index (χ4v) is 26.7. The molecule has 4 N–H and O–H groups in total. The van der Waals surface area contributed by atoms with E-state index in [2.05, 4.69) is 98.1 Å². The van der Waals surface area contributed by atoms with Gasteiger partial charge in [-0.3, -0.25) is 14.4 Å². The Morgan fingerprint density at radius 3 is 1.19 bits per heavy atom. The number of nitrogens with one attached hydrogen (secondary N) is 1. The fourth-order valence-electron chi connectivity index (χ4n) is 26.3. The molecule has 12 aliphatic rings. The van der Waals surface area contributed by atoms with Crippen LogP contribution in [-0.4, -0.2) is 138 Å². The van der Waals surface area contributed by atoms with Crippen LogP contribution in [0.3, 0.4) is 0 Å². The standard InChI is InChI=1S/2C27H41N3O4.C22H35BrO2.C5H7N3O2.4CH4/c1-5-34-24(32)22-15-30(29-28-22)16-23(31)21-9-8-19-18-7-6-17-14-25(2,33)12-13-26(17,3)20(18)10-11-27(19,21)4;1-5-34-24(32)22-15-28-30(29-22)16-23(31)21-9-8-19-18-7-6-17-14-25(2,33)12-13-26(17,3)20(18)10-11-27(19,21)4;1-20(25)10-11-21(2)14(12-20)4-5-15-16-6-7-18(19(24)13-23)22(16,3)9-8-17(15)21;1-2-10-5(9)4-3-6-8-7-4;;;;/h2*15,17-21,33H,5-14,16H2,1-4H3;14-18,25H,4-13H2,1-3H3;3H,2H2,1H3,(H,6,7,8);4*1H4/t2*17-,18+,19+,20+,21-,25-,26+,27+;14-,15+,16+,17+,18-,20-,21+,22+;;;;;/m111...../s1. The highest BCUT2D eigenvalue weighted by Crippen LogP contribution is 2.72. The topological polar surface area (TPSA) is 294 Å². The Labute approximate surface area is 649 Å². The molecule has 0 unspecified atom stereocenters. The molecule has 0 amide bonds. The highest BCUT2D eigenvalue weighted by molar-refractivity contribution is 9.09. The van der Waals surface area contributed by atoms with Crippen molar-refractivity contribution in [1.82, 2.24) is 45.4 Å². The quantitative estimate of drug-likeness (QED) is 0.0662. The molecule has 12 fully saturated rings. The molecule has 22 heteroatoms. The summed E-state index contributed by atoms with van der Waals surface area (Å²) in [6, 6.07) is 0. The summed E-state index contributed by atoms with van der Waals surface area (Å²) in [4.78, 5) is 75.4. The minimum Gasteiger partial charge on any atom is -0.461 e. The van der Waals surface area contributed by atoms with Gasteiger partial charge in [0, 0.05) is 17.8 Å². The van der Waals surface area contributed by atoms with Crippen molar-refractivity contribution in [2.24, 2.45) is 121 Å². The van der Waals surface area contributed by atoms with Crippen molar-refractivity contribution in [2.45, 2.75) is 316 Å². The van der Waals surface area contributed by atoms with Crippen molar-refractivity contribution in [3.63, 3.8) is 0 Å². The van der Waals surface area contributed by atoms with Crippen LogP contribution in [0.4, 0.5) is 0 Å². The Hall–Kier alpha value is -4.80. The average Bonchev–Trinajstić information content (AvgIpc) is 1.70. The van der Waals surface area contributed by atoms with Crippen molar-refractivity contribution >= 4 is 51.2 Å². The number of aromatic nitrogens is 9. The first-order valence-electron chi connectivity index (χ1n) is 40.2. The molecule has 21 nitrogen and oxygen atoms in total. The number of aliphatic hydroxyl groups is 3. The second-order valence-electron chi connectivity index (χ2n) is 37.2. The number of aromatic amines is 1. The van der Waals surface area contributed by atoms with Gasteiger partial charge < -0.3 is 29.5 Å². The monoisotopic (exact) mass is 1560 g/mol. The van der Waals surface area contributed by atoms with Crippen LogP contribution in [0.25, 0.3) is 0 Å². The number of alkyl halides is 1. The number of hydrogen-bond donors (Lipinski definition) is 4. The maximum Gasteiger partial charge on any atom is 0.360 e. The van der Waals surface area contributed by atoms with Crippen LogP contribution in [-0.2, 0) is 41.7 Å². The number of ether oxygens (including phenoxy) is 3. The summed E-state index contributed by atoms with van der Waals surface area (Å²) in [5, 5.41) is 58.1. The molecule has 12 saturated carbocycles. The molecule has 0 spiro atoms. The van der Waals surface area contributed by atoms with E-state index in [1.165, 1.54) is 105 Å². The number of halogens is 1. The molecule has 3 aromatic rings. The third-order valence-electron chi connectivity index (χ3n) is 31.7. The number of H-pyrrole nitrogens is 1. The van der Waals surface area contributed by atoms with E-state index in [0.717, 1.165) is 120 Å². The molecule has 0 aromatic carbocycles. The van der Waals surface area contributed by atoms with E-state index in [-0.39, 0.29) is 119 Å². The number of nitrogens with zero attached hydrogens (tertiary/aromatic N) is 8. The minimum absolute atomic E-state index is 0. The largest absolute Gasteiger partial charge is 0.461 e. The van der Waals surface area contributed by atoms with E-state index in [1.54, 1.807) is 20.8 Å². The van der Waals surface area contributed by atoms with E-state index < -0.39 is 34.7 Å². The third-order valence-corrected chi connectivity index (χ3v) is 32.3. The Morgan fingerprint density at radius 1 is 0.449 bits per heavy atom. The molecule has 0 radical (unpaired) electrons. The van der Waals surface area contributed by atoms with E-state index in [9.17, 15) is 44.1 Å². The zero-order chi connectivity index (χ0) is 74.0. The zero-order valence-electron chi connectivity index (χ0n) is 64.2. The number of rotatable bonds is 14. The lowest BCUT2D eigenvalue weighted by Gasteiger charge is -2.61. The summed E-state index contributed by atoms with van der Waals surface area (Å²) >= 11 is 3.43. The maximum atomic E-state index is 13.5. The SMILES string of the molecule is C.C.C.C.CCOC(=O)c1cn(CC(=O)[C@H]2CC[C@H]3[C@@H]4CC[C@@H]5C[C@](C)(O)CC[C@]5(C)[C@H]4CC[C@]23C)nn1.CCOC(=O)c1cn[nH]n1.CCOC(=O)c1cnn(CC(=O)[C@H]2CC[C@H]3[C@@H]4CC[C@@H]5C[C@](C)(O)CC[C@]5(C)[C@H]4CC[C@]23C)n1.C[C@@]1(O)CC[C@@]2(C)[C@H](CC[C@@H]3[C@@H]2CC[C@]2(C)[C@@H](C(=O)CBr)CC[C@@H]32)C1. The first-order chi connectivity index (χ1) is 48.7. The summed E-state index contributed by atoms with van der Waals surface area (Å²) in [5.74, 6) is 8.14. The van der Waals surface area contributed by atoms with Crippen LogP contribution in [0.15, 0.2) is 18.6 Å². The molecule has 107 heavy (non-hydrogen) atoms. The van der Waals surface area contributed by atoms with Crippen LogP contribution in [0.1, 0.15) is 318 Å².